The van der Waals surface area contributed by atoms with Gasteiger partial charge in [-0.3, -0.25) is 0 Å². The minimum atomic E-state index is -0.610. The molecule has 0 saturated carbocycles. The van der Waals surface area contributed by atoms with E-state index >= 15 is 0 Å². The van der Waals surface area contributed by atoms with Crippen molar-refractivity contribution in [3.63, 3.8) is 0 Å². The van der Waals surface area contributed by atoms with Crippen molar-refractivity contribution in [2.45, 2.75) is 52.9 Å². The standard InChI is InChI=1S/C11H20O4/c1-4-5-6-7-8-9(2)11(13)15-14-10(3)12/h9H,4-8H2,1-3H3. The van der Waals surface area contributed by atoms with Crippen LogP contribution in [0.25, 0.3) is 0 Å². The van der Waals surface area contributed by atoms with Gasteiger partial charge in [0.15, 0.2) is 0 Å². The molecule has 88 valence electrons. The van der Waals surface area contributed by atoms with Crippen LogP contribution in [0.3, 0.4) is 0 Å². The largest absolute Gasteiger partial charge is 0.358 e. The van der Waals surface area contributed by atoms with Crippen LogP contribution in [-0.4, -0.2) is 11.9 Å². The molecule has 0 aliphatic heterocycles. The van der Waals surface area contributed by atoms with E-state index in [1.807, 2.05) is 0 Å². The van der Waals surface area contributed by atoms with E-state index in [-0.39, 0.29) is 5.92 Å². The van der Waals surface area contributed by atoms with Crippen molar-refractivity contribution in [1.29, 1.82) is 0 Å². The summed E-state index contributed by atoms with van der Waals surface area (Å²) in [6.45, 7) is 5.11. The Bertz CT molecular complexity index is 201. The zero-order chi connectivity index (χ0) is 11.7. The highest BCUT2D eigenvalue weighted by atomic mass is 17.2. The first-order valence-corrected chi connectivity index (χ1v) is 5.46. The Morgan fingerprint density at radius 2 is 1.80 bits per heavy atom. The molecule has 0 aliphatic rings. The Hall–Kier alpha value is -1.06. The quantitative estimate of drug-likeness (QED) is 0.389. The van der Waals surface area contributed by atoms with Crippen LogP contribution < -0.4 is 0 Å². The third-order valence-corrected chi connectivity index (χ3v) is 2.13. The third-order valence-electron chi connectivity index (χ3n) is 2.13. The fraction of sp³-hybridized carbons (Fsp3) is 0.818. The summed E-state index contributed by atoms with van der Waals surface area (Å²) < 4.78 is 0. The minimum Gasteiger partial charge on any atom is -0.248 e. The summed E-state index contributed by atoms with van der Waals surface area (Å²) in [4.78, 5) is 30.1. The molecule has 0 N–H and O–H groups in total. The number of carbonyl (C=O) groups excluding carboxylic acids is 2. The van der Waals surface area contributed by atoms with Crippen molar-refractivity contribution in [2.24, 2.45) is 5.92 Å². The average molecular weight is 216 g/mol. The Labute approximate surface area is 90.9 Å². The number of hydrogen-bond donors (Lipinski definition) is 0. The van der Waals surface area contributed by atoms with Crippen LogP contribution >= 0.6 is 0 Å². The average Bonchev–Trinajstić information content (AvgIpc) is 2.20. The smallest absolute Gasteiger partial charge is 0.248 e. The lowest BCUT2D eigenvalue weighted by Crippen LogP contribution is -2.16. The molecule has 1 atom stereocenters. The van der Waals surface area contributed by atoms with Crippen molar-refractivity contribution in [1.82, 2.24) is 0 Å². The Kier molecular flexibility index (Phi) is 7.68. The van der Waals surface area contributed by atoms with Gasteiger partial charge in [-0.2, -0.15) is 0 Å². The van der Waals surface area contributed by atoms with E-state index in [2.05, 4.69) is 16.7 Å². The normalized spacial score (nSPS) is 11.9. The molecule has 0 aromatic carbocycles. The van der Waals surface area contributed by atoms with Crippen molar-refractivity contribution >= 4 is 11.9 Å². The molecular weight excluding hydrogens is 196 g/mol. The lowest BCUT2D eigenvalue weighted by molar-refractivity contribution is -0.260. The van der Waals surface area contributed by atoms with Crippen LogP contribution in [0.5, 0.6) is 0 Å². The molecule has 0 fully saturated rings. The molecule has 0 saturated heterocycles. The molecule has 0 spiro atoms. The highest BCUT2D eigenvalue weighted by Crippen LogP contribution is 2.11. The summed E-state index contributed by atoms with van der Waals surface area (Å²) in [5.41, 5.74) is 0. The molecule has 0 radical (unpaired) electrons. The van der Waals surface area contributed by atoms with E-state index in [4.69, 9.17) is 0 Å². The first kappa shape index (κ1) is 13.9. The van der Waals surface area contributed by atoms with Crippen molar-refractivity contribution in [3.05, 3.63) is 0 Å². The molecule has 0 aliphatic carbocycles. The summed E-state index contributed by atoms with van der Waals surface area (Å²) in [5, 5.41) is 0. The lowest BCUT2D eigenvalue weighted by atomic mass is 10.0. The second kappa shape index (κ2) is 8.26. The number of unbranched alkanes of at least 4 members (excludes halogenated alkanes) is 3. The highest BCUT2D eigenvalue weighted by molar-refractivity contribution is 5.73. The van der Waals surface area contributed by atoms with Crippen LogP contribution in [0, 0.1) is 5.92 Å². The van der Waals surface area contributed by atoms with Gasteiger partial charge in [0.2, 0.25) is 0 Å². The van der Waals surface area contributed by atoms with Crippen molar-refractivity contribution in [3.8, 4) is 0 Å². The predicted octanol–water partition coefficient (Wildman–Crippen LogP) is 2.61. The minimum absolute atomic E-state index is 0.207. The van der Waals surface area contributed by atoms with Gasteiger partial charge in [0, 0.05) is 6.92 Å². The monoisotopic (exact) mass is 216 g/mol. The van der Waals surface area contributed by atoms with E-state index in [9.17, 15) is 9.59 Å². The third kappa shape index (κ3) is 7.97. The van der Waals surface area contributed by atoms with Gasteiger partial charge in [0.05, 0.1) is 5.92 Å². The van der Waals surface area contributed by atoms with Gasteiger partial charge in [-0.1, -0.05) is 39.5 Å². The van der Waals surface area contributed by atoms with E-state index in [1.165, 1.54) is 19.8 Å². The van der Waals surface area contributed by atoms with Crippen LogP contribution in [0.2, 0.25) is 0 Å². The predicted molar refractivity (Wildman–Crippen MR) is 55.8 cm³/mol. The topological polar surface area (TPSA) is 52.6 Å². The second-order valence-corrected chi connectivity index (χ2v) is 3.73. The first-order chi connectivity index (χ1) is 7.07. The fourth-order valence-corrected chi connectivity index (χ4v) is 1.18. The van der Waals surface area contributed by atoms with Gasteiger partial charge in [0.1, 0.15) is 0 Å². The van der Waals surface area contributed by atoms with Crippen molar-refractivity contribution < 1.29 is 19.4 Å². The molecule has 0 amide bonds. The highest BCUT2D eigenvalue weighted by Gasteiger charge is 2.16. The summed E-state index contributed by atoms with van der Waals surface area (Å²) in [5.74, 6) is -1.29. The van der Waals surface area contributed by atoms with E-state index < -0.39 is 11.9 Å². The maximum Gasteiger partial charge on any atom is 0.358 e. The Morgan fingerprint density at radius 1 is 1.13 bits per heavy atom. The van der Waals surface area contributed by atoms with Crippen LogP contribution in [-0.2, 0) is 19.4 Å². The summed E-state index contributed by atoms with van der Waals surface area (Å²) in [6.07, 6.45) is 5.27. The Balaban J connectivity index is 3.55. The lowest BCUT2D eigenvalue weighted by Gasteiger charge is -2.08. The molecule has 15 heavy (non-hydrogen) atoms. The van der Waals surface area contributed by atoms with Crippen LogP contribution in [0.4, 0.5) is 0 Å². The zero-order valence-corrected chi connectivity index (χ0v) is 9.75. The Morgan fingerprint density at radius 3 is 2.33 bits per heavy atom. The van der Waals surface area contributed by atoms with Crippen LogP contribution in [0.1, 0.15) is 52.9 Å². The fourth-order valence-electron chi connectivity index (χ4n) is 1.18. The zero-order valence-electron chi connectivity index (χ0n) is 9.75. The van der Waals surface area contributed by atoms with Crippen LogP contribution in [0.15, 0.2) is 0 Å². The molecule has 0 heterocycles. The first-order valence-electron chi connectivity index (χ1n) is 5.46. The summed E-state index contributed by atoms with van der Waals surface area (Å²) in [7, 11) is 0. The van der Waals surface area contributed by atoms with E-state index in [0.29, 0.717) is 0 Å². The van der Waals surface area contributed by atoms with Gasteiger partial charge >= 0.3 is 11.9 Å². The molecule has 0 rings (SSSR count). The molecule has 4 heteroatoms. The molecular formula is C11H20O4. The molecule has 1 unspecified atom stereocenters. The number of hydrogen-bond acceptors (Lipinski definition) is 4. The van der Waals surface area contributed by atoms with Gasteiger partial charge < -0.3 is 0 Å². The summed E-state index contributed by atoms with van der Waals surface area (Å²) >= 11 is 0. The number of carbonyl (C=O) groups is 2. The van der Waals surface area contributed by atoms with E-state index in [0.717, 1.165) is 19.3 Å². The van der Waals surface area contributed by atoms with Gasteiger partial charge in [-0.25, -0.2) is 19.4 Å². The molecule has 0 aromatic heterocycles. The summed E-state index contributed by atoms with van der Waals surface area (Å²) in [6, 6.07) is 0. The SMILES string of the molecule is CCCCCCC(C)C(=O)OOC(C)=O. The second-order valence-electron chi connectivity index (χ2n) is 3.73. The van der Waals surface area contributed by atoms with Gasteiger partial charge in [-0.05, 0) is 6.42 Å². The van der Waals surface area contributed by atoms with Gasteiger partial charge in [0.25, 0.3) is 0 Å². The number of rotatable bonds is 6. The molecule has 0 aromatic rings. The molecule has 0 bridgehead atoms. The van der Waals surface area contributed by atoms with Gasteiger partial charge in [-0.15, -0.1) is 0 Å². The maximum atomic E-state index is 11.2. The van der Waals surface area contributed by atoms with Crippen molar-refractivity contribution in [2.75, 3.05) is 0 Å². The van der Waals surface area contributed by atoms with E-state index in [1.54, 1.807) is 6.92 Å². The maximum absolute atomic E-state index is 11.2. The molecule has 4 nitrogen and oxygen atoms in total.